The zero-order chi connectivity index (χ0) is 14.4. The predicted molar refractivity (Wildman–Crippen MR) is 80.0 cm³/mol. The molecule has 1 heterocycles. The van der Waals surface area contributed by atoms with Gasteiger partial charge >= 0.3 is 0 Å². The van der Waals surface area contributed by atoms with Crippen LogP contribution in [0.2, 0.25) is 0 Å². The number of rotatable bonds is 5. The summed E-state index contributed by atoms with van der Waals surface area (Å²) in [6.07, 6.45) is 2.74. The molecule has 0 aliphatic carbocycles. The third-order valence-electron chi connectivity index (χ3n) is 3.44. The highest BCUT2D eigenvalue weighted by Crippen LogP contribution is 2.14. The standard InChI is InChI=1S/C17H19N3/c1-3-14-4-6-16(7-5-14)13(2)20-12-15-8-9-19-17(10-15)11-18/h4-10,13,20H,3,12H2,1-2H3. The molecule has 1 atom stereocenters. The molecule has 1 unspecified atom stereocenters. The van der Waals surface area contributed by atoms with Crippen LogP contribution in [0, 0.1) is 11.3 Å². The quantitative estimate of drug-likeness (QED) is 0.901. The van der Waals surface area contributed by atoms with Crippen LogP contribution in [0.3, 0.4) is 0 Å². The molecule has 0 saturated carbocycles. The Hall–Kier alpha value is -2.18. The molecule has 102 valence electrons. The molecular weight excluding hydrogens is 246 g/mol. The topological polar surface area (TPSA) is 48.7 Å². The van der Waals surface area contributed by atoms with Gasteiger partial charge in [0.2, 0.25) is 0 Å². The molecule has 3 nitrogen and oxygen atoms in total. The number of aryl methyl sites for hydroxylation is 1. The molecule has 0 fully saturated rings. The monoisotopic (exact) mass is 265 g/mol. The molecule has 2 rings (SSSR count). The Balaban J connectivity index is 1.97. The summed E-state index contributed by atoms with van der Waals surface area (Å²) in [5.41, 5.74) is 4.17. The van der Waals surface area contributed by atoms with Crippen LogP contribution in [0.4, 0.5) is 0 Å². The fraction of sp³-hybridized carbons (Fsp3) is 0.294. The summed E-state index contributed by atoms with van der Waals surface area (Å²) in [7, 11) is 0. The lowest BCUT2D eigenvalue weighted by atomic mass is 10.0. The summed E-state index contributed by atoms with van der Waals surface area (Å²) < 4.78 is 0. The summed E-state index contributed by atoms with van der Waals surface area (Å²) in [6.45, 7) is 5.04. The van der Waals surface area contributed by atoms with Crippen molar-refractivity contribution in [2.45, 2.75) is 32.9 Å². The molecule has 3 heteroatoms. The molecular formula is C17H19N3. The Morgan fingerprint density at radius 2 is 1.95 bits per heavy atom. The number of hydrogen-bond donors (Lipinski definition) is 1. The minimum Gasteiger partial charge on any atom is -0.306 e. The minimum absolute atomic E-state index is 0.277. The second-order valence-electron chi connectivity index (χ2n) is 4.86. The molecule has 1 aromatic heterocycles. The van der Waals surface area contributed by atoms with Gasteiger partial charge in [0.05, 0.1) is 0 Å². The summed E-state index contributed by atoms with van der Waals surface area (Å²) in [4.78, 5) is 3.97. The van der Waals surface area contributed by atoms with E-state index in [4.69, 9.17) is 5.26 Å². The molecule has 0 amide bonds. The number of nitriles is 1. The van der Waals surface area contributed by atoms with Gasteiger partial charge < -0.3 is 5.32 Å². The fourth-order valence-electron chi connectivity index (χ4n) is 2.08. The number of nitrogens with zero attached hydrogens (tertiary/aromatic N) is 2. The zero-order valence-corrected chi connectivity index (χ0v) is 11.9. The smallest absolute Gasteiger partial charge is 0.140 e. The summed E-state index contributed by atoms with van der Waals surface area (Å²) in [5, 5.41) is 12.3. The van der Waals surface area contributed by atoms with E-state index in [0.717, 1.165) is 18.5 Å². The fourth-order valence-corrected chi connectivity index (χ4v) is 2.08. The first kappa shape index (κ1) is 14.2. The highest BCUT2D eigenvalue weighted by atomic mass is 14.9. The van der Waals surface area contributed by atoms with E-state index in [0.29, 0.717) is 5.69 Å². The van der Waals surface area contributed by atoms with Crippen molar-refractivity contribution < 1.29 is 0 Å². The Labute approximate surface area is 120 Å². The van der Waals surface area contributed by atoms with E-state index in [1.807, 2.05) is 12.1 Å². The zero-order valence-electron chi connectivity index (χ0n) is 11.9. The van der Waals surface area contributed by atoms with Gasteiger partial charge in [0.15, 0.2) is 0 Å². The van der Waals surface area contributed by atoms with Crippen LogP contribution in [0.5, 0.6) is 0 Å². The SMILES string of the molecule is CCc1ccc(C(C)NCc2ccnc(C#N)c2)cc1. The van der Waals surface area contributed by atoms with Crippen LogP contribution in [0.25, 0.3) is 0 Å². The summed E-state index contributed by atoms with van der Waals surface area (Å²) in [6, 6.07) is 14.8. The molecule has 0 spiro atoms. The second-order valence-corrected chi connectivity index (χ2v) is 4.86. The maximum Gasteiger partial charge on any atom is 0.140 e. The van der Waals surface area contributed by atoms with Gasteiger partial charge in [-0.2, -0.15) is 5.26 Å². The maximum absolute atomic E-state index is 8.83. The first-order valence-corrected chi connectivity index (χ1v) is 6.90. The van der Waals surface area contributed by atoms with Gasteiger partial charge in [-0.1, -0.05) is 31.2 Å². The van der Waals surface area contributed by atoms with Gasteiger partial charge in [-0.05, 0) is 42.2 Å². The Morgan fingerprint density at radius 1 is 1.20 bits per heavy atom. The number of aromatic nitrogens is 1. The molecule has 20 heavy (non-hydrogen) atoms. The highest BCUT2D eigenvalue weighted by Gasteiger charge is 2.05. The third kappa shape index (κ3) is 3.66. The van der Waals surface area contributed by atoms with Crippen LogP contribution >= 0.6 is 0 Å². The molecule has 1 N–H and O–H groups in total. The molecule has 0 radical (unpaired) electrons. The number of nitrogens with one attached hydrogen (secondary N) is 1. The van der Waals surface area contributed by atoms with E-state index in [1.54, 1.807) is 6.20 Å². The molecule has 0 aliphatic rings. The number of benzene rings is 1. The van der Waals surface area contributed by atoms with Gasteiger partial charge in [-0.3, -0.25) is 0 Å². The van der Waals surface area contributed by atoms with Gasteiger partial charge in [0.25, 0.3) is 0 Å². The first-order valence-electron chi connectivity index (χ1n) is 6.90. The molecule has 1 aromatic carbocycles. The van der Waals surface area contributed by atoms with Crippen LogP contribution in [-0.2, 0) is 13.0 Å². The van der Waals surface area contributed by atoms with Gasteiger partial charge in [-0.25, -0.2) is 4.98 Å². The van der Waals surface area contributed by atoms with E-state index in [1.165, 1.54) is 11.1 Å². The van der Waals surface area contributed by atoms with Crippen molar-refractivity contribution in [3.8, 4) is 6.07 Å². The Morgan fingerprint density at radius 3 is 2.60 bits per heavy atom. The van der Waals surface area contributed by atoms with Gasteiger partial charge in [-0.15, -0.1) is 0 Å². The summed E-state index contributed by atoms with van der Waals surface area (Å²) in [5.74, 6) is 0. The Kier molecular flexibility index (Phi) is 4.86. The van der Waals surface area contributed by atoms with E-state index in [2.05, 4.69) is 54.5 Å². The number of pyridine rings is 1. The van der Waals surface area contributed by atoms with Crippen molar-refractivity contribution >= 4 is 0 Å². The van der Waals surface area contributed by atoms with Crippen LogP contribution < -0.4 is 5.32 Å². The second kappa shape index (κ2) is 6.83. The molecule has 0 bridgehead atoms. The minimum atomic E-state index is 0.277. The lowest BCUT2D eigenvalue weighted by Gasteiger charge is -2.14. The number of hydrogen-bond acceptors (Lipinski definition) is 3. The van der Waals surface area contributed by atoms with Gasteiger partial charge in [0, 0.05) is 18.8 Å². The Bertz CT molecular complexity index is 596. The van der Waals surface area contributed by atoms with Crippen molar-refractivity contribution in [3.05, 3.63) is 65.0 Å². The third-order valence-corrected chi connectivity index (χ3v) is 3.44. The van der Waals surface area contributed by atoms with Crippen molar-refractivity contribution in [1.82, 2.24) is 10.3 Å². The normalized spacial score (nSPS) is 11.8. The van der Waals surface area contributed by atoms with E-state index >= 15 is 0 Å². The average molecular weight is 265 g/mol. The summed E-state index contributed by atoms with van der Waals surface area (Å²) >= 11 is 0. The molecule has 0 saturated heterocycles. The average Bonchev–Trinajstić information content (AvgIpc) is 2.53. The van der Waals surface area contributed by atoms with Gasteiger partial charge in [0.1, 0.15) is 11.8 Å². The van der Waals surface area contributed by atoms with Crippen LogP contribution in [0.1, 0.15) is 42.3 Å². The van der Waals surface area contributed by atoms with E-state index in [9.17, 15) is 0 Å². The van der Waals surface area contributed by atoms with Crippen molar-refractivity contribution in [2.24, 2.45) is 0 Å². The van der Waals surface area contributed by atoms with Crippen LogP contribution in [-0.4, -0.2) is 4.98 Å². The van der Waals surface area contributed by atoms with Crippen molar-refractivity contribution in [2.75, 3.05) is 0 Å². The largest absolute Gasteiger partial charge is 0.306 e. The first-order chi connectivity index (χ1) is 9.72. The molecule has 0 aliphatic heterocycles. The maximum atomic E-state index is 8.83. The van der Waals surface area contributed by atoms with E-state index in [-0.39, 0.29) is 6.04 Å². The predicted octanol–water partition coefficient (Wildman–Crippen LogP) is 3.37. The van der Waals surface area contributed by atoms with E-state index < -0.39 is 0 Å². The lowest BCUT2D eigenvalue weighted by molar-refractivity contribution is 0.574. The van der Waals surface area contributed by atoms with Crippen molar-refractivity contribution in [1.29, 1.82) is 5.26 Å². The van der Waals surface area contributed by atoms with Crippen molar-refractivity contribution in [3.63, 3.8) is 0 Å². The molecule has 2 aromatic rings. The van der Waals surface area contributed by atoms with Crippen LogP contribution in [0.15, 0.2) is 42.6 Å². The highest BCUT2D eigenvalue weighted by molar-refractivity contribution is 5.27. The lowest BCUT2D eigenvalue weighted by Crippen LogP contribution is -2.18.